The molecule has 0 spiro atoms. The first kappa shape index (κ1) is 29.7. The van der Waals surface area contributed by atoms with E-state index in [9.17, 15) is 27.9 Å². The molecule has 1 aliphatic carbocycles. The highest BCUT2D eigenvalue weighted by Gasteiger charge is 2.35. The molecule has 214 valence electrons. The van der Waals surface area contributed by atoms with Crippen LogP contribution >= 0.6 is 12.4 Å². The molecule has 2 aromatic carbocycles. The molecule has 0 radical (unpaired) electrons. The van der Waals surface area contributed by atoms with Gasteiger partial charge in [0.2, 0.25) is 5.91 Å². The molecule has 3 N–H and O–H groups in total. The summed E-state index contributed by atoms with van der Waals surface area (Å²) in [7, 11) is 0. The molecule has 40 heavy (non-hydrogen) atoms. The third-order valence-electron chi connectivity index (χ3n) is 8.22. The van der Waals surface area contributed by atoms with Gasteiger partial charge in [-0.05, 0) is 85.8 Å². The lowest BCUT2D eigenvalue weighted by molar-refractivity contribution is -0.142. The Morgan fingerprint density at radius 1 is 1.00 bits per heavy atom. The summed E-state index contributed by atoms with van der Waals surface area (Å²) in [6.45, 7) is 0.775. The Labute approximate surface area is 237 Å². The molecule has 0 bridgehead atoms. The number of hydrogen-bond donors (Lipinski definition) is 3. The van der Waals surface area contributed by atoms with Crippen molar-refractivity contribution in [2.24, 2.45) is 5.92 Å². The standard InChI is InChI=1S/C30H32F3N3O3.ClH/c31-24-15-18(16-25(32)28(24)33)5-10-27(37)36-13-11-20(12-14-36)29(30(38)39)35-21-8-6-19(7-9-21)23-17-34-26-4-2-1-3-22(23)26;/h1-5,10,15-17,19-21,29,34-35H,6-9,11-14H2,(H,38,39);1H/b10-5+;. The van der Waals surface area contributed by atoms with E-state index >= 15 is 0 Å². The molecule has 1 unspecified atom stereocenters. The Bertz CT molecular complexity index is 1360. The number of nitrogens with one attached hydrogen (secondary N) is 2. The van der Waals surface area contributed by atoms with Crippen LogP contribution in [-0.2, 0) is 9.59 Å². The minimum Gasteiger partial charge on any atom is -0.480 e. The number of nitrogens with zero attached hydrogens (tertiary/aromatic N) is 1. The maximum atomic E-state index is 13.4. The molecule has 2 aliphatic rings. The van der Waals surface area contributed by atoms with Gasteiger partial charge in [-0.2, -0.15) is 0 Å². The predicted molar refractivity (Wildman–Crippen MR) is 150 cm³/mol. The number of carboxylic acid groups (broad SMARTS) is 1. The zero-order chi connectivity index (χ0) is 27.5. The summed E-state index contributed by atoms with van der Waals surface area (Å²) in [4.78, 5) is 29.7. The number of benzene rings is 2. The van der Waals surface area contributed by atoms with Crippen molar-refractivity contribution < 1.29 is 27.9 Å². The van der Waals surface area contributed by atoms with Crippen molar-refractivity contribution in [1.29, 1.82) is 0 Å². The van der Waals surface area contributed by atoms with Crippen LogP contribution in [0.5, 0.6) is 0 Å². The highest BCUT2D eigenvalue weighted by Crippen LogP contribution is 2.37. The van der Waals surface area contributed by atoms with Gasteiger partial charge < -0.3 is 20.3 Å². The van der Waals surface area contributed by atoms with Crippen molar-refractivity contribution in [3.63, 3.8) is 0 Å². The minimum atomic E-state index is -1.55. The smallest absolute Gasteiger partial charge is 0.320 e. The average molecular weight is 576 g/mol. The van der Waals surface area contributed by atoms with Gasteiger partial charge in [-0.3, -0.25) is 9.59 Å². The summed E-state index contributed by atoms with van der Waals surface area (Å²) in [5.41, 5.74) is 2.51. The number of piperidine rings is 1. The number of aliphatic carboxylic acids is 1. The summed E-state index contributed by atoms with van der Waals surface area (Å²) in [5.74, 6) is -5.06. The molecule has 1 amide bonds. The van der Waals surface area contributed by atoms with E-state index < -0.39 is 29.5 Å². The van der Waals surface area contributed by atoms with Gasteiger partial charge in [0, 0.05) is 42.3 Å². The van der Waals surface area contributed by atoms with E-state index in [0.29, 0.717) is 31.8 Å². The van der Waals surface area contributed by atoms with Crippen molar-refractivity contribution in [2.75, 3.05) is 13.1 Å². The molecule has 1 saturated heterocycles. The number of aromatic nitrogens is 1. The van der Waals surface area contributed by atoms with Crippen LogP contribution in [0.3, 0.4) is 0 Å². The van der Waals surface area contributed by atoms with Crippen LogP contribution in [0.2, 0.25) is 0 Å². The number of carbonyl (C=O) groups excluding carboxylic acids is 1. The van der Waals surface area contributed by atoms with Gasteiger partial charge in [0.25, 0.3) is 0 Å². The van der Waals surface area contributed by atoms with Crippen molar-refractivity contribution in [1.82, 2.24) is 15.2 Å². The van der Waals surface area contributed by atoms with Crippen molar-refractivity contribution in [3.05, 3.63) is 77.2 Å². The summed E-state index contributed by atoms with van der Waals surface area (Å²) in [6.07, 6.45) is 9.41. The number of likely N-dealkylation sites (tertiary alicyclic amines) is 1. The van der Waals surface area contributed by atoms with Crippen LogP contribution in [-0.4, -0.2) is 52.0 Å². The molecule has 1 aliphatic heterocycles. The van der Waals surface area contributed by atoms with Gasteiger partial charge in [0.05, 0.1) is 0 Å². The Morgan fingerprint density at radius 3 is 2.30 bits per heavy atom. The van der Waals surface area contributed by atoms with Crippen LogP contribution in [0.1, 0.15) is 55.6 Å². The summed E-state index contributed by atoms with van der Waals surface area (Å²) in [6, 6.07) is 9.38. The molecule has 6 nitrogen and oxygen atoms in total. The van der Waals surface area contributed by atoms with Gasteiger partial charge in [-0.1, -0.05) is 18.2 Å². The van der Waals surface area contributed by atoms with Crippen LogP contribution in [0.15, 0.2) is 48.7 Å². The molecular weight excluding hydrogens is 543 g/mol. The van der Waals surface area contributed by atoms with E-state index in [0.717, 1.165) is 43.3 Å². The summed E-state index contributed by atoms with van der Waals surface area (Å²) in [5, 5.41) is 14.6. The van der Waals surface area contributed by atoms with Crippen LogP contribution in [0.4, 0.5) is 13.2 Å². The highest BCUT2D eigenvalue weighted by atomic mass is 35.5. The van der Waals surface area contributed by atoms with Crippen molar-refractivity contribution >= 4 is 41.3 Å². The van der Waals surface area contributed by atoms with Crippen molar-refractivity contribution in [2.45, 2.75) is 56.5 Å². The largest absolute Gasteiger partial charge is 0.480 e. The second kappa shape index (κ2) is 12.9. The maximum absolute atomic E-state index is 13.4. The zero-order valence-corrected chi connectivity index (χ0v) is 22.7. The first-order valence-electron chi connectivity index (χ1n) is 13.5. The topological polar surface area (TPSA) is 85.4 Å². The third-order valence-corrected chi connectivity index (χ3v) is 8.22. The van der Waals surface area contributed by atoms with Gasteiger partial charge >= 0.3 is 5.97 Å². The quantitative estimate of drug-likeness (QED) is 0.237. The fourth-order valence-electron chi connectivity index (χ4n) is 6.06. The van der Waals surface area contributed by atoms with Crippen LogP contribution < -0.4 is 5.32 Å². The van der Waals surface area contributed by atoms with Crippen LogP contribution in [0, 0.1) is 23.4 Å². The van der Waals surface area contributed by atoms with Crippen molar-refractivity contribution in [3.8, 4) is 0 Å². The molecule has 1 aromatic heterocycles. The molecule has 10 heteroatoms. The minimum absolute atomic E-state index is 0. The lowest BCUT2D eigenvalue weighted by atomic mass is 9.80. The summed E-state index contributed by atoms with van der Waals surface area (Å²) >= 11 is 0. The second-order valence-corrected chi connectivity index (χ2v) is 10.6. The fraction of sp³-hybridized carbons (Fsp3) is 0.400. The SMILES string of the molecule is Cl.O=C(O)C(NC1CCC(c2c[nH]c3ccccc23)CC1)C1CCN(C(=O)/C=C/c2cc(F)c(F)c(F)c2)CC1. The Hall–Kier alpha value is -3.30. The third kappa shape index (κ3) is 6.53. The Kier molecular flexibility index (Phi) is 9.58. The van der Waals surface area contributed by atoms with E-state index in [1.54, 1.807) is 4.90 Å². The zero-order valence-electron chi connectivity index (χ0n) is 21.9. The van der Waals surface area contributed by atoms with Gasteiger partial charge in [0.1, 0.15) is 6.04 Å². The number of H-pyrrole nitrogens is 1. The molecular formula is C30H33ClF3N3O3. The number of halogens is 4. The molecule has 1 saturated carbocycles. The number of rotatable bonds is 7. The number of amides is 1. The number of para-hydroxylation sites is 1. The lowest BCUT2D eigenvalue weighted by Crippen LogP contribution is -2.52. The van der Waals surface area contributed by atoms with Gasteiger partial charge in [-0.25, -0.2) is 13.2 Å². The normalized spacial score (nSPS) is 20.9. The van der Waals surface area contributed by atoms with Gasteiger partial charge in [0.15, 0.2) is 17.5 Å². The first-order valence-corrected chi connectivity index (χ1v) is 13.5. The number of carboxylic acids is 1. The van der Waals surface area contributed by atoms with Crippen LogP contribution in [0.25, 0.3) is 17.0 Å². The molecule has 2 heterocycles. The molecule has 1 atom stereocenters. The van der Waals surface area contributed by atoms with E-state index in [-0.39, 0.29) is 35.8 Å². The lowest BCUT2D eigenvalue weighted by Gasteiger charge is -2.37. The van der Waals surface area contributed by atoms with Gasteiger partial charge in [-0.15, -0.1) is 12.4 Å². The molecule has 2 fully saturated rings. The number of carbonyl (C=O) groups is 2. The number of aromatic amines is 1. The number of fused-ring (bicyclic) bond motifs is 1. The number of hydrogen-bond acceptors (Lipinski definition) is 3. The average Bonchev–Trinajstić information content (AvgIpc) is 3.38. The first-order chi connectivity index (χ1) is 18.8. The van der Waals surface area contributed by atoms with E-state index in [4.69, 9.17) is 0 Å². The van der Waals surface area contributed by atoms with E-state index in [1.165, 1.54) is 23.1 Å². The molecule has 3 aromatic rings. The fourth-order valence-corrected chi connectivity index (χ4v) is 6.06. The monoisotopic (exact) mass is 575 g/mol. The predicted octanol–water partition coefficient (Wildman–Crippen LogP) is 6.03. The molecule has 5 rings (SSSR count). The van der Waals surface area contributed by atoms with E-state index in [1.807, 2.05) is 12.1 Å². The maximum Gasteiger partial charge on any atom is 0.320 e. The Balaban J connectivity index is 0.00000370. The van der Waals surface area contributed by atoms with E-state index in [2.05, 4.69) is 28.6 Å². The Morgan fingerprint density at radius 2 is 1.65 bits per heavy atom. The highest BCUT2D eigenvalue weighted by molar-refractivity contribution is 5.92. The second-order valence-electron chi connectivity index (χ2n) is 10.6. The summed E-state index contributed by atoms with van der Waals surface area (Å²) < 4.78 is 40.0.